The monoisotopic (exact) mass is 592 g/mol. The summed E-state index contributed by atoms with van der Waals surface area (Å²) in [6.07, 6.45) is 7.35. The molecule has 0 aliphatic heterocycles. The van der Waals surface area contributed by atoms with Gasteiger partial charge >= 0.3 is 5.97 Å². The number of carbonyl (C=O) groups excluding carboxylic acids is 2. The fourth-order valence-electron chi connectivity index (χ4n) is 9.83. The van der Waals surface area contributed by atoms with Gasteiger partial charge in [-0.3, -0.25) is 9.59 Å². The van der Waals surface area contributed by atoms with Gasteiger partial charge in [0, 0.05) is 17.9 Å². The van der Waals surface area contributed by atoms with Crippen molar-refractivity contribution in [1.29, 1.82) is 0 Å². The lowest BCUT2D eigenvalue weighted by Gasteiger charge is -2.61. The maximum atomic E-state index is 14.5. The van der Waals surface area contributed by atoms with Crippen molar-refractivity contribution in [1.82, 2.24) is 0 Å². The van der Waals surface area contributed by atoms with Gasteiger partial charge in [-0.2, -0.15) is 0 Å². The summed E-state index contributed by atoms with van der Waals surface area (Å²) in [6, 6.07) is 31.4. The number of rotatable bonds is 8. The highest BCUT2D eigenvalue weighted by Crippen LogP contribution is 2.65. The molecule has 6 rings (SSSR count). The van der Waals surface area contributed by atoms with Crippen molar-refractivity contribution >= 4 is 11.8 Å². The van der Waals surface area contributed by atoms with Gasteiger partial charge in [-0.25, -0.2) is 0 Å². The largest absolute Gasteiger partial charge is 0.469 e. The van der Waals surface area contributed by atoms with E-state index in [0.29, 0.717) is 24.7 Å². The molecule has 6 atom stereocenters. The molecule has 0 saturated heterocycles. The molecular formula is C40H48O4. The third kappa shape index (κ3) is 4.94. The molecule has 3 saturated carbocycles. The second-order valence-electron chi connectivity index (χ2n) is 14.5. The van der Waals surface area contributed by atoms with Crippen molar-refractivity contribution in [3.05, 3.63) is 108 Å². The number of benzene rings is 3. The van der Waals surface area contributed by atoms with E-state index in [9.17, 15) is 9.59 Å². The minimum Gasteiger partial charge on any atom is -0.469 e. The second kappa shape index (κ2) is 11.9. The van der Waals surface area contributed by atoms with Gasteiger partial charge in [0.2, 0.25) is 0 Å². The molecule has 4 nitrogen and oxygen atoms in total. The quantitative estimate of drug-likeness (QED) is 0.194. The summed E-state index contributed by atoms with van der Waals surface area (Å²) in [4.78, 5) is 27.5. The van der Waals surface area contributed by atoms with Crippen molar-refractivity contribution in [3.63, 3.8) is 0 Å². The Bertz CT molecular complexity index is 1360. The standard InChI is InChI=1S/C40H48O4/c1-37(26-23-33-32(35(37)41)21-22-34-38(33,2)24-14-25-39(34,3)36(42)43-4)27-28-44-40(29-15-8-5-9-16-29,30-17-10-6-11-18-30)31-19-12-7-13-20-31/h5-13,15-20,32-34H,14,21-28H2,1-4H3/t32-,33-,34?,37+,38+,39+/m0/s1. The second-order valence-corrected chi connectivity index (χ2v) is 14.5. The summed E-state index contributed by atoms with van der Waals surface area (Å²) in [7, 11) is 1.52. The van der Waals surface area contributed by atoms with Crippen molar-refractivity contribution in [2.75, 3.05) is 13.7 Å². The van der Waals surface area contributed by atoms with E-state index in [4.69, 9.17) is 9.47 Å². The zero-order valence-corrected chi connectivity index (χ0v) is 26.9. The van der Waals surface area contributed by atoms with E-state index in [1.165, 1.54) is 7.11 Å². The lowest BCUT2D eigenvalue weighted by Crippen LogP contribution is -2.59. The average Bonchev–Trinajstić information content (AvgIpc) is 3.06. The molecule has 0 radical (unpaired) electrons. The normalized spacial score (nSPS) is 31.9. The van der Waals surface area contributed by atoms with Crippen LogP contribution in [0.3, 0.4) is 0 Å². The Hall–Kier alpha value is -3.24. The molecule has 3 aromatic rings. The molecule has 3 fully saturated rings. The highest BCUT2D eigenvalue weighted by atomic mass is 16.5. The Balaban J connectivity index is 1.26. The first-order valence-electron chi connectivity index (χ1n) is 16.6. The van der Waals surface area contributed by atoms with Gasteiger partial charge in [-0.05, 0) is 85.8 Å². The van der Waals surface area contributed by atoms with Crippen molar-refractivity contribution < 1.29 is 19.1 Å². The molecular weight excluding hydrogens is 544 g/mol. The molecule has 0 heterocycles. The molecule has 44 heavy (non-hydrogen) atoms. The molecule has 0 spiro atoms. The average molecular weight is 593 g/mol. The Morgan fingerprint density at radius 1 is 0.773 bits per heavy atom. The highest BCUT2D eigenvalue weighted by molar-refractivity contribution is 5.88. The lowest BCUT2D eigenvalue weighted by atomic mass is 9.42. The smallest absolute Gasteiger partial charge is 0.311 e. The van der Waals surface area contributed by atoms with Crippen LogP contribution >= 0.6 is 0 Å². The van der Waals surface area contributed by atoms with Gasteiger partial charge in [-0.15, -0.1) is 0 Å². The van der Waals surface area contributed by atoms with Crippen LogP contribution in [0, 0.1) is 34.0 Å². The van der Waals surface area contributed by atoms with Crippen LogP contribution in [-0.4, -0.2) is 25.5 Å². The Kier molecular flexibility index (Phi) is 8.34. The van der Waals surface area contributed by atoms with Crippen LogP contribution in [-0.2, 0) is 24.7 Å². The molecule has 0 aromatic heterocycles. The minimum atomic E-state index is -0.785. The number of ether oxygens (including phenoxy) is 2. The fraction of sp³-hybridized carbons (Fsp3) is 0.500. The number of hydrogen-bond donors (Lipinski definition) is 0. The highest BCUT2D eigenvalue weighted by Gasteiger charge is 2.62. The predicted octanol–water partition coefficient (Wildman–Crippen LogP) is 8.77. The van der Waals surface area contributed by atoms with E-state index in [-0.39, 0.29) is 23.2 Å². The first kappa shape index (κ1) is 30.8. The van der Waals surface area contributed by atoms with Gasteiger partial charge in [0.25, 0.3) is 0 Å². The maximum absolute atomic E-state index is 14.5. The molecule has 232 valence electrons. The van der Waals surface area contributed by atoms with E-state index >= 15 is 0 Å². The van der Waals surface area contributed by atoms with Crippen molar-refractivity contribution in [3.8, 4) is 0 Å². The van der Waals surface area contributed by atoms with Gasteiger partial charge < -0.3 is 9.47 Å². The maximum Gasteiger partial charge on any atom is 0.311 e. The minimum absolute atomic E-state index is 0.0132. The number of methoxy groups -OCH3 is 1. The van der Waals surface area contributed by atoms with Gasteiger partial charge in [0.1, 0.15) is 11.4 Å². The summed E-state index contributed by atoms with van der Waals surface area (Å²) < 4.78 is 12.4. The van der Waals surface area contributed by atoms with Crippen LogP contribution in [0.2, 0.25) is 0 Å². The van der Waals surface area contributed by atoms with E-state index < -0.39 is 16.4 Å². The number of hydrogen-bond acceptors (Lipinski definition) is 4. The summed E-state index contributed by atoms with van der Waals surface area (Å²) in [5, 5.41) is 0. The van der Waals surface area contributed by atoms with Gasteiger partial charge in [0.15, 0.2) is 0 Å². The van der Waals surface area contributed by atoms with E-state index in [0.717, 1.165) is 61.6 Å². The molecule has 0 bridgehead atoms. The molecule has 3 aliphatic carbocycles. The number of fused-ring (bicyclic) bond motifs is 3. The summed E-state index contributed by atoms with van der Waals surface area (Å²) in [6.45, 7) is 7.14. The van der Waals surface area contributed by atoms with E-state index in [1.54, 1.807) is 0 Å². The SMILES string of the molecule is COC(=O)[C@]1(C)CCC[C@@]2(C)C1CC[C@@H]1C(=O)[C@@](C)(CCOC(c3ccccc3)(c3ccccc3)c3ccccc3)CC[C@@H]12. The Morgan fingerprint density at radius 2 is 1.32 bits per heavy atom. The molecule has 0 N–H and O–H groups in total. The van der Waals surface area contributed by atoms with Crippen LogP contribution in [0.5, 0.6) is 0 Å². The third-order valence-corrected chi connectivity index (χ3v) is 12.2. The predicted molar refractivity (Wildman–Crippen MR) is 174 cm³/mol. The van der Waals surface area contributed by atoms with Gasteiger partial charge in [0.05, 0.1) is 12.5 Å². The zero-order valence-electron chi connectivity index (χ0n) is 26.9. The Morgan fingerprint density at radius 3 is 1.84 bits per heavy atom. The summed E-state index contributed by atoms with van der Waals surface area (Å²) in [5.74, 6) is 0.976. The van der Waals surface area contributed by atoms with Crippen LogP contribution in [0.1, 0.15) is 88.8 Å². The first-order valence-corrected chi connectivity index (χ1v) is 16.6. The molecule has 3 aromatic carbocycles. The lowest BCUT2D eigenvalue weighted by molar-refractivity contribution is -0.180. The number of carbonyl (C=O) groups is 2. The first-order chi connectivity index (χ1) is 21.2. The topological polar surface area (TPSA) is 52.6 Å². The zero-order chi connectivity index (χ0) is 31.0. The van der Waals surface area contributed by atoms with Crippen molar-refractivity contribution in [2.45, 2.75) is 77.7 Å². The van der Waals surface area contributed by atoms with Crippen LogP contribution < -0.4 is 0 Å². The molecule has 1 unspecified atom stereocenters. The number of esters is 1. The van der Waals surface area contributed by atoms with Crippen molar-refractivity contribution in [2.24, 2.45) is 34.0 Å². The Labute approximate surface area is 263 Å². The van der Waals surface area contributed by atoms with Crippen LogP contribution in [0.4, 0.5) is 0 Å². The van der Waals surface area contributed by atoms with E-state index in [1.807, 2.05) is 18.2 Å². The number of ketones is 1. The molecule has 3 aliphatic rings. The molecule has 4 heteroatoms. The van der Waals surface area contributed by atoms with Crippen LogP contribution in [0.25, 0.3) is 0 Å². The number of Topliss-reactive ketones (excluding diaryl/α,β-unsaturated/α-hetero) is 1. The third-order valence-electron chi connectivity index (χ3n) is 12.2. The van der Waals surface area contributed by atoms with Gasteiger partial charge in [-0.1, -0.05) is 111 Å². The van der Waals surface area contributed by atoms with E-state index in [2.05, 4.69) is 93.6 Å². The summed E-state index contributed by atoms with van der Waals surface area (Å²) >= 11 is 0. The fourth-order valence-corrected chi connectivity index (χ4v) is 9.83. The molecule has 0 amide bonds. The summed E-state index contributed by atoms with van der Waals surface area (Å²) in [5.41, 5.74) is 1.55. The van der Waals surface area contributed by atoms with Crippen LogP contribution in [0.15, 0.2) is 91.0 Å².